The van der Waals surface area contributed by atoms with Crippen LogP contribution < -0.4 is 9.47 Å². The molecular weight excluding hydrogens is 400 g/mol. The summed E-state index contributed by atoms with van der Waals surface area (Å²) in [4.78, 5) is 11.6. The van der Waals surface area contributed by atoms with Gasteiger partial charge in [0.25, 0.3) is 0 Å². The summed E-state index contributed by atoms with van der Waals surface area (Å²) in [5, 5.41) is 4.41. The van der Waals surface area contributed by atoms with Gasteiger partial charge in [-0.2, -0.15) is 5.10 Å². The fourth-order valence-electron chi connectivity index (χ4n) is 3.32. The number of benzene rings is 2. The third-order valence-electron chi connectivity index (χ3n) is 4.91. The van der Waals surface area contributed by atoms with Gasteiger partial charge in [-0.05, 0) is 29.8 Å². The van der Waals surface area contributed by atoms with Crippen molar-refractivity contribution in [2.75, 3.05) is 27.4 Å². The quantitative estimate of drug-likeness (QED) is 0.514. The van der Waals surface area contributed by atoms with Crippen LogP contribution in [0.4, 0.5) is 0 Å². The van der Waals surface area contributed by atoms with Crippen LogP contribution in [0, 0.1) is 0 Å². The minimum Gasteiger partial charge on any atom is -0.497 e. The molecule has 0 aliphatic carbocycles. The van der Waals surface area contributed by atoms with Gasteiger partial charge in [0.15, 0.2) is 6.29 Å². The predicted octanol–water partition coefficient (Wildman–Crippen LogP) is 3.22. The van der Waals surface area contributed by atoms with Crippen LogP contribution in [0.3, 0.4) is 0 Å². The normalized spacial score (nSPS) is 13.9. The zero-order valence-electron chi connectivity index (χ0n) is 17.4. The number of methoxy groups -OCH3 is 2. The summed E-state index contributed by atoms with van der Waals surface area (Å²) in [6, 6.07) is 13.4. The number of ether oxygens (including phenoxy) is 5. The first kappa shape index (κ1) is 20.9. The van der Waals surface area contributed by atoms with Crippen LogP contribution in [-0.2, 0) is 32.0 Å². The van der Waals surface area contributed by atoms with Crippen molar-refractivity contribution in [2.24, 2.45) is 0 Å². The zero-order valence-corrected chi connectivity index (χ0v) is 17.4. The molecule has 3 aromatic rings. The molecular formula is C23H24N2O6. The molecule has 0 atom stereocenters. The Hall–Kier alpha value is -3.36. The van der Waals surface area contributed by atoms with Crippen molar-refractivity contribution in [3.8, 4) is 17.2 Å². The van der Waals surface area contributed by atoms with E-state index in [0.717, 1.165) is 28.1 Å². The third kappa shape index (κ3) is 4.87. The molecule has 4 rings (SSSR count). The van der Waals surface area contributed by atoms with E-state index >= 15 is 0 Å². The molecule has 0 radical (unpaired) electrons. The molecule has 1 aliphatic rings. The van der Waals surface area contributed by atoms with Gasteiger partial charge in [0.1, 0.15) is 18.1 Å². The maximum absolute atomic E-state index is 11.6. The summed E-state index contributed by atoms with van der Waals surface area (Å²) < 4.78 is 29.3. The minimum absolute atomic E-state index is 0.149. The molecule has 8 heteroatoms. The molecule has 0 amide bonds. The van der Waals surface area contributed by atoms with Gasteiger partial charge >= 0.3 is 5.97 Å². The van der Waals surface area contributed by atoms with Crippen molar-refractivity contribution in [2.45, 2.75) is 19.3 Å². The van der Waals surface area contributed by atoms with E-state index in [1.54, 1.807) is 24.2 Å². The number of carbonyl (C=O) groups is 1. The Bertz CT molecular complexity index is 1020. The van der Waals surface area contributed by atoms with E-state index in [4.69, 9.17) is 23.7 Å². The standard InChI is InChI=1S/C23H24N2O6/c1-27-18-8-6-16(7-9-18)15-31-20-5-3-4-19(22(20)23-29-10-11-30-23)25-14-17(13-24-25)12-21(26)28-2/h3-9,13-14,23H,10-12,15H2,1-2H3. The van der Waals surface area contributed by atoms with E-state index < -0.39 is 6.29 Å². The molecule has 0 N–H and O–H groups in total. The van der Waals surface area contributed by atoms with Crippen molar-refractivity contribution >= 4 is 5.97 Å². The molecule has 2 heterocycles. The maximum Gasteiger partial charge on any atom is 0.310 e. The molecule has 162 valence electrons. The lowest BCUT2D eigenvalue weighted by Crippen LogP contribution is -2.09. The Morgan fingerprint density at radius 1 is 1.10 bits per heavy atom. The first-order valence-corrected chi connectivity index (χ1v) is 9.90. The second-order valence-corrected chi connectivity index (χ2v) is 6.95. The highest BCUT2D eigenvalue weighted by molar-refractivity contribution is 5.72. The van der Waals surface area contributed by atoms with Crippen LogP contribution in [0.5, 0.6) is 11.5 Å². The first-order chi connectivity index (χ1) is 15.2. The lowest BCUT2D eigenvalue weighted by atomic mass is 10.1. The number of nitrogens with zero attached hydrogens (tertiary/aromatic N) is 2. The molecule has 0 saturated carbocycles. The zero-order chi connectivity index (χ0) is 21.6. The summed E-state index contributed by atoms with van der Waals surface area (Å²) in [7, 11) is 3.00. The summed E-state index contributed by atoms with van der Waals surface area (Å²) in [6.45, 7) is 1.38. The van der Waals surface area contributed by atoms with E-state index in [-0.39, 0.29) is 12.4 Å². The molecule has 1 fully saturated rings. The molecule has 2 aromatic carbocycles. The van der Waals surface area contributed by atoms with E-state index in [1.165, 1.54) is 7.11 Å². The fourth-order valence-corrected chi connectivity index (χ4v) is 3.32. The topological polar surface area (TPSA) is 81.0 Å². The highest BCUT2D eigenvalue weighted by Gasteiger charge is 2.27. The Morgan fingerprint density at radius 2 is 1.87 bits per heavy atom. The van der Waals surface area contributed by atoms with Gasteiger partial charge in [-0.3, -0.25) is 4.79 Å². The van der Waals surface area contributed by atoms with Gasteiger partial charge in [-0.1, -0.05) is 18.2 Å². The monoisotopic (exact) mass is 424 g/mol. The highest BCUT2D eigenvalue weighted by Crippen LogP contribution is 2.36. The summed E-state index contributed by atoms with van der Waals surface area (Å²) >= 11 is 0. The average Bonchev–Trinajstić information content (AvgIpc) is 3.50. The number of hydrogen-bond acceptors (Lipinski definition) is 7. The Balaban J connectivity index is 1.62. The van der Waals surface area contributed by atoms with E-state index in [2.05, 4.69) is 5.10 Å². The van der Waals surface area contributed by atoms with Crippen LogP contribution in [-0.4, -0.2) is 43.2 Å². The average molecular weight is 424 g/mol. The van der Waals surface area contributed by atoms with Gasteiger partial charge < -0.3 is 23.7 Å². The summed E-state index contributed by atoms with van der Waals surface area (Å²) in [5.41, 5.74) is 3.26. The van der Waals surface area contributed by atoms with Gasteiger partial charge in [-0.15, -0.1) is 0 Å². The number of carbonyl (C=O) groups excluding carboxylic acids is 1. The van der Waals surface area contributed by atoms with Gasteiger partial charge in [0, 0.05) is 11.8 Å². The molecule has 0 unspecified atom stereocenters. The van der Waals surface area contributed by atoms with E-state index in [1.807, 2.05) is 42.5 Å². The number of hydrogen-bond donors (Lipinski definition) is 0. The van der Waals surface area contributed by atoms with Crippen LogP contribution in [0.15, 0.2) is 54.9 Å². The molecule has 1 aromatic heterocycles. The SMILES string of the molecule is COC(=O)Cc1cnn(-c2cccc(OCc3ccc(OC)cc3)c2C2OCCO2)c1. The lowest BCUT2D eigenvalue weighted by molar-refractivity contribution is -0.139. The van der Waals surface area contributed by atoms with Gasteiger partial charge in [-0.25, -0.2) is 4.68 Å². The predicted molar refractivity (Wildman–Crippen MR) is 111 cm³/mol. The Morgan fingerprint density at radius 3 is 2.58 bits per heavy atom. The molecule has 1 aliphatic heterocycles. The number of rotatable bonds is 8. The first-order valence-electron chi connectivity index (χ1n) is 9.90. The molecule has 1 saturated heterocycles. The number of aromatic nitrogens is 2. The molecule has 0 bridgehead atoms. The lowest BCUT2D eigenvalue weighted by Gasteiger charge is -2.19. The molecule has 0 spiro atoms. The van der Waals surface area contributed by atoms with Crippen molar-refractivity contribution in [1.82, 2.24) is 9.78 Å². The van der Waals surface area contributed by atoms with E-state index in [9.17, 15) is 4.79 Å². The smallest absolute Gasteiger partial charge is 0.310 e. The second kappa shape index (κ2) is 9.63. The third-order valence-corrected chi connectivity index (χ3v) is 4.91. The van der Waals surface area contributed by atoms with Gasteiger partial charge in [0.05, 0.1) is 51.3 Å². The Kier molecular flexibility index (Phi) is 6.49. The van der Waals surface area contributed by atoms with Crippen LogP contribution in [0.2, 0.25) is 0 Å². The highest BCUT2D eigenvalue weighted by atomic mass is 16.7. The van der Waals surface area contributed by atoms with E-state index in [0.29, 0.717) is 25.6 Å². The van der Waals surface area contributed by atoms with Crippen LogP contribution in [0.25, 0.3) is 5.69 Å². The van der Waals surface area contributed by atoms with Crippen molar-refractivity contribution in [1.29, 1.82) is 0 Å². The molecule has 8 nitrogen and oxygen atoms in total. The Labute approximate surface area is 180 Å². The molecule has 31 heavy (non-hydrogen) atoms. The second-order valence-electron chi connectivity index (χ2n) is 6.95. The van der Waals surface area contributed by atoms with Crippen molar-refractivity contribution in [3.05, 3.63) is 71.5 Å². The largest absolute Gasteiger partial charge is 0.497 e. The summed E-state index contributed by atoms with van der Waals surface area (Å²) in [5.74, 6) is 1.12. The van der Waals surface area contributed by atoms with Crippen LogP contribution in [0.1, 0.15) is 23.0 Å². The maximum atomic E-state index is 11.6. The van der Waals surface area contributed by atoms with Crippen molar-refractivity contribution < 1.29 is 28.5 Å². The number of esters is 1. The van der Waals surface area contributed by atoms with Crippen molar-refractivity contribution in [3.63, 3.8) is 0 Å². The van der Waals surface area contributed by atoms with Gasteiger partial charge in [0.2, 0.25) is 0 Å². The summed E-state index contributed by atoms with van der Waals surface area (Å²) in [6.07, 6.45) is 3.02. The fraction of sp³-hybridized carbons (Fsp3) is 0.304. The van der Waals surface area contributed by atoms with Crippen LogP contribution >= 0.6 is 0 Å². The minimum atomic E-state index is -0.560.